The maximum absolute atomic E-state index is 12.5. The van der Waals surface area contributed by atoms with E-state index in [-0.39, 0.29) is 18.1 Å². The van der Waals surface area contributed by atoms with Gasteiger partial charge in [0.15, 0.2) is 0 Å². The molecule has 0 aliphatic carbocycles. The number of hydrogen-bond acceptors (Lipinski definition) is 3. The molecule has 5 heteroatoms. The molecule has 0 fully saturated rings. The van der Waals surface area contributed by atoms with Crippen LogP contribution in [0.3, 0.4) is 0 Å². The molecule has 1 atom stereocenters. The number of imidazole rings is 1. The van der Waals surface area contributed by atoms with Crippen LogP contribution in [-0.2, 0) is 0 Å². The zero-order valence-electron chi connectivity index (χ0n) is 15.2. The molecule has 3 aromatic rings. The maximum atomic E-state index is 12.5. The molecule has 1 heterocycles. The van der Waals surface area contributed by atoms with E-state index in [1.165, 1.54) is 0 Å². The Bertz CT molecular complexity index is 838. The summed E-state index contributed by atoms with van der Waals surface area (Å²) in [5.41, 5.74) is 2.69. The van der Waals surface area contributed by atoms with E-state index in [4.69, 9.17) is 4.74 Å². The summed E-state index contributed by atoms with van der Waals surface area (Å²) in [5.74, 6) is 0.659. The lowest BCUT2D eigenvalue weighted by Gasteiger charge is -2.15. The number of nitrogens with zero attached hydrogens (tertiary/aromatic N) is 2. The van der Waals surface area contributed by atoms with Crippen LogP contribution in [0.5, 0.6) is 5.75 Å². The van der Waals surface area contributed by atoms with E-state index in [0.29, 0.717) is 5.56 Å². The fourth-order valence-corrected chi connectivity index (χ4v) is 2.67. The molecule has 134 valence electrons. The van der Waals surface area contributed by atoms with Crippen molar-refractivity contribution in [1.29, 1.82) is 0 Å². The van der Waals surface area contributed by atoms with E-state index in [0.717, 1.165) is 17.0 Å². The molecule has 26 heavy (non-hydrogen) atoms. The van der Waals surface area contributed by atoms with Crippen molar-refractivity contribution in [1.82, 2.24) is 14.9 Å². The fourth-order valence-electron chi connectivity index (χ4n) is 2.67. The second-order valence-electron chi connectivity index (χ2n) is 6.45. The van der Waals surface area contributed by atoms with Crippen LogP contribution < -0.4 is 10.1 Å². The number of aromatic nitrogens is 2. The smallest absolute Gasteiger partial charge is 0.251 e. The Balaban J connectivity index is 1.63. The van der Waals surface area contributed by atoms with Gasteiger partial charge in [-0.15, -0.1) is 0 Å². The third kappa shape index (κ3) is 4.30. The molecule has 0 saturated carbocycles. The van der Waals surface area contributed by atoms with Gasteiger partial charge in [-0.2, -0.15) is 0 Å². The quantitative estimate of drug-likeness (QED) is 0.727. The monoisotopic (exact) mass is 349 g/mol. The second-order valence-corrected chi connectivity index (χ2v) is 6.45. The van der Waals surface area contributed by atoms with Crippen LogP contribution in [0, 0.1) is 0 Å². The van der Waals surface area contributed by atoms with Gasteiger partial charge >= 0.3 is 0 Å². The van der Waals surface area contributed by atoms with Gasteiger partial charge in [-0.1, -0.05) is 12.1 Å². The molecule has 5 nitrogen and oxygen atoms in total. The van der Waals surface area contributed by atoms with Crippen molar-refractivity contribution in [3.8, 4) is 11.4 Å². The molecule has 2 aromatic carbocycles. The normalized spacial score (nSPS) is 12.0. The van der Waals surface area contributed by atoms with Gasteiger partial charge in [0.2, 0.25) is 0 Å². The highest BCUT2D eigenvalue weighted by molar-refractivity contribution is 5.94. The zero-order valence-corrected chi connectivity index (χ0v) is 15.2. The molecule has 1 N–H and O–H groups in total. The van der Waals surface area contributed by atoms with E-state index in [1.54, 1.807) is 24.7 Å². The Morgan fingerprint density at radius 2 is 1.73 bits per heavy atom. The highest BCUT2D eigenvalue weighted by Crippen LogP contribution is 2.18. The van der Waals surface area contributed by atoms with E-state index < -0.39 is 0 Å². The van der Waals surface area contributed by atoms with Gasteiger partial charge < -0.3 is 14.6 Å². The van der Waals surface area contributed by atoms with Crippen LogP contribution in [0.2, 0.25) is 0 Å². The topological polar surface area (TPSA) is 56.1 Å². The van der Waals surface area contributed by atoms with Gasteiger partial charge in [0, 0.05) is 23.6 Å². The summed E-state index contributed by atoms with van der Waals surface area (Å²) in [6, 6.07) is 15.2. The van der Waals surface area contributed by atoms with E-state index in [9.17, 15) is 4.79 Å². The molecule has 0 aliphatic rings. The summed E-state index contributed by atoms with van der Waals surface area (Å²) < 4.78 is 7.54. The Morgan fingerprint density at radius 1 is 1.04 bits per heavy atom. The summed E-state index contributed by atoms with van der Waals surface area (Å²) in [6.07, 6.45) is 5.51. The summed E-state index contributed by atoms with van der Waals surface area (Å²) in [4.78, 5) is 16.5. The molecule has 0 bridgehead atoms. The molecule has 0 radical (unpaired) electrons. The summed E-state index contributed by atoms with van der Waals surface area (Å²) in [6.45, 7) is 5.92. The highest BCUT2D eigenvalue weighted by atomic mass is 16.5. The molecule has 1 amide bonds. The van der Waals surface area contributed by atoms with Crippen LogP contribution in [-0.4, -0.2) is 21.6 Å². The molecule has 3 rings (SSSR count). The lowest BCUT2D eigenvalue weighted by atomic mass is 10.1. The van der Waals surface area contributed by atoms with Crippen LogP contribution in [0.1, 0.15) is 42.7 Å². The summed E-state index contributed by atoms with van der Waals surface area (Å²) >= 11 is 0. The van der Waals surface area contributed by atoms with Crippen LogP contribution in [0.25, 0.3) is 5.69 Å². The first-order valence-corrected chi connectivity index (χ1v) is 8.69. The van der Waals surface area contributed by atoms with Crippen molar-refractivity contribution >= 4 is 5.91 Å². The highest BCUT2D eigenvalue weighted by Gasteiger charge is 2.12. The first-order chi connectivity index (χ1) is 12.5. The van der Waals surface area contributed by atoms with Gasteiger partial charge in [-0.05, 0) is 62.7 Å². The SMILES string of the molecule is CC(C)Oc1ccc(C(=O)N[C@@H](C)c2ccc(-n3ccnc3)cc2)cc1. The fraction of sp³-hybridized carbons (Fsp3) is 0.238. The molecule has 0 unspecified atom stereocenters. The Hall–Kier alpha value is -3.08. The van der Waals surface area contributed by atoms with Crippen molar-refractivity contribution in [3.05, 3.63) is 78.4 Å². The molecular formula is C21H23N3O2. The predicted octanol–water partition coefficient (Wildman–Crippen LogP) is 4.15. The Morgan fingerprint density at radius 3 is 2.31 bits per heavy atom. The number of benzene rings is 2. The number of rotatable bonds is 6. The van der Waals surface area contributed by atoms with Crippen molar-refractivity contribution in [2.45, 2.75) is 32.9 Å². The number of carbonyl (C=O) groups is 1. The third-order valence-corrected chi connectivity index (χ3v) is 4.03. The van der Waals surface area contributed by atoms with Gasteiger partial charge in [0.05, 0.1) is 18.5 Å². The van der Waals surface area contributed by atoms with Gasteiger partial charge in [-0.25, -0.2) is 4.98 Å². The van der Waals surface area contributed by atoms with Gasteiger partial charge in [-0.3, -0.25) is 4.79 Å². The minimum Gasteiger partial charge on any atom is -0.491 e. The average Bonchev–Trinajstić information content (AvgIpc) is 3.16. The maximum Gasteiger partial charge on any atom is 0.251 e. The molecule has 0 spiro atoms. The Labute approximate surface area is 153 Å². The molecule has 0 aliphatic heterocycles. The van der Waals surface area contributed by atoms with Crippen molar-refractivity contribution in [3.63, 3.8) is 0 Å². The number of ether oxygens (including phenoxy) is 1. The first kappa shape index (κ1) is 17.7. The number of nitrogens with one attached hydrogen (secondary N) is 1. The first-order valence-electron chi connectivity index (χ1n) is 8.69. The van der Waals surface area contributed by atoms with Gasteiger partial charge in [0.25, 0.3) is 5.91 Å². The molecule has 1 aromatic heterocycles. The number of amides is 1. The lowest BCUT2D eigenvalue weighted by Crippen LogP contribution is -2.26. The zero-order chi connectivity index (χ0) is 18.5. The van der Waals surface area contributed by atoms with Crippen LogP contribution in [0.15, 0.2) is 67.3 Å². The summed E-state index contributed by atoms with van der Waals surface area (Å²) in [7, 11) is 0. The number of hydrogen-bond donors (Lipinski definition) is 1. The Kier molecular flexibility index (Phi) is 5.37. The minimum absolute atomic E-state index is 0.0917. The van der Waals surface area contributed by atoms with Crippen LogP contribution in [0.4, 0.5) is 0 Å². The van der Waals surface area contributed by atoms with E-state index in [2.05, 4.69) is 10.3 Å². The largest absolute Gasteiger partial charge is 0.491 e. The van der Waals surface area contributed by atoms with Crippen molar-refractivity contribution in [2.24, 2.45) is 0 Å². The summed E-state index contributed by atoms with van der Waals surface area (Å²) in [5, 5.41) is 3.03. The van der Waals surface area contributed by atoms with Crippen LogP contribution >= 0.6 is 0 Å². The van der Waals surface area contributed by atoms with Crippen molar-refractivity contribution < 1.29 is 9.53 Å². The van der Waals surface area contributed by atoms with E-state index >= 15 is 0 Å². The number of carbonyl (C=O) groups excluding carboxylic acids is 1. The molecule has 0 saturated heterocycles. The molecular weight excluding hydrogens is 326 g/mol. The third-order valence-electron chi connectivity index (χ3n) is 4.03. The average molecular weight is 349 g/mol. The van der Waals surface area contributed by atoms with Crippen molar-refractivity contribution in [2.75, 3.05) is 0 Å². The van der Waals surface area contributed by atoms with Gasteiger partial charge in [0.1, 0.15) is 5.75 Å². The van der Waals surface area contributed by atoms with E-state index in [1.807, 2.05) is 67.9 Å². The standard InChI is InChI=1S/C21H23N3O2/c1-15(2)26-20-10-6-18(7-11-20)21(25)23-16(3)17-4-8-19(9-5-17)24-13-12-22-14-24/h4-16H,1-3H3,(H,23,25)/t16-/m0/s1. The predicted molar refractivity (Wildman–Crippen MR) is 102 cm³/mol. The lowest BCUT2D eigenvalue weighted by molar-refractivity contribution is 0.0940. The second kappa shape index (κ2) is 7.87. The minimum atomic E-state index is -0.104.